The Morgan fingerprint density at radius 3 is 2.79 bits per heavy atom. The van der Waals surface area contributed by atoms with Gasteiger partial charge in [0.15, 0.2) is 6.29 Å². The summed E-state index contributed by atoms with van der Waals surface area (Å²) in [4.78, 5) is 10.9. The molecule has 4 nitrogen and oxygen atoms in total. The Kier molecular flexibility index (Phi) is 4.98. The second-order valence-corrected chi connectivity index (χ2v) is 4.37. The number of ether oxygens (including phenoxy) is 3. The highest BCUT2D eigenvalue weighted by Gasteiger charge is 2.14. The molecule has 0 aromatic heterocycles. The first-order chi connectivity index (χ1) is 9.28. The fourth-order valence-electron chi connectivity index (χ4n) is 1.83. The second kappa shape index (κ2) is 6.95. The minimum atomic E-state index is -0.420. The van der Waals surface area contributed by atoms with Crippen LogP contribution >= 0.6 is 0 Å². The van der Waals surface area contributed by atoms with E-state index in [1.807, 2.05) is 24.3 Å². The van der Waals surface area contributed by atoms with E-state index in [1.165, 1.54) is 0 Å². The van der Waals surface area contributed by atoms with Gasteiger partial charge in [-0.2, -0.15) is 0 Å². The largest absolute Gasteiger partial charge is 0.465 e. The molecular formula is C15H18O4. The lowest BCUT2D eigenvalue weighted by atomic mass is 10.2. The summed E-state index contributed by atoms with van der Waals surface area (Å²) in [6.07, 6.45) is 4.18. The van der Waals surface area contributed by atoms with Crippen molar-refractivity contribution in [3.8, 4) is 5.75 Å². The number of hydrogen-bond acceptors (Lipinski definition) is 4. The van der Waals surface area contributed by atoms with Gasteiger partial charge in [0.2, 0.25) is 0 Å². The quantitative estimate of drug-likeness (QED) is 0.604. The average molecular weight is 262 g/mol. The van der Waals surface area contributed by atoms with Crippen molar-refractivity contribution in [2.45, 2.75) is 32.2 Å². The van der Waals surface area contributed by atoms with Crippen LogP contribution in [-0.4, -0.2) is 18.9 Å². The molecule has 1 fully saturated rings. The van der Waals surface area contributed by atoms with Crippen LogP contribution in [0.25, 0.3) is 0 Å². The fraction of sp³-hybridized carbons (Fsp3) is 0.400. The minimum Gasteiger partial charge on any atom is -0.465 e. The van der Waals surface area contributed by atoms with Crippen molar-refractivity contribution < 1.29 is 19.0 Å². The van der Waals surface area contributed by atoms with E-state index in [-0.39, 0.29) is 12.9 Å². The molecule has 0 N–H and O–H groups in total. The molecule has 1 aromatic rings. The van der Waals surface area contributed by atoms with Crippen molar-refractivity contribution in [2.24, 2.45) is 0 Å². The summed E-state index contributed by atoms with van der Waals surface area (Å²) >= 11 is 0. The summed E-state index contributed by atoms with van der Waals surface area (Å²) in [6, 6.07) is 7.45. The molecule has 19 heavy (non-hydrogen) atoms. The molecule has 0 spiro atoms. The predicted molar refractivity (Wildman–Crippen MR) is 70.7 cm³/mol. The van der Waals surface area contributed by atoms with Crippen molar-refractivity contribution in [3.05, 3.63) is 42.5 Å². The minimum absolute atomic E-state index is 0.141. The molecule has 1 unspecified atom stereocenters. The zero-order valence-electron chi connectivity index (χ0n) is 10.8. The van der Waals surface area contributed by atoms with Gasteiger partial charge in [0, 0.05) is 12.5 Å². The van der Waals surface area contributed by atoms with Crippen molar-refractivity contribution in [3.63, 3.8) is 0 Å². The summed E-state index contributed by atoms with van der Waals surface area (Å²) in [5.74, 6) is 0.349. The zero-order valence-corrected chi connectivity index (χ0v) is 10.8. The lowest BCUT2D eigenvalue weighted by molar-refractivity contribution is -0.138. The first kappa shape index (κ1) is 13.6. The van der Waals surface area contributed by atoms with Crippen LogP contribution in [-0.2, 0) is 20.9 Å². The highest BCUT2D eigenvalue weighted by Crippen LogP contribution is 2.19. The first-order valence-corrected chi connectivity index (χ1v) is 6.44. The number of esters is 1. The average Bonchev–Trinajstić information content (AvgIpc) is 2.47. The van der Waals surface area contributed by atoms with Gasteiger partial charge in [-0.1, -0.05) is 18.7 Å². The fourth-order valence-corrected chi connectivity index (χ4v) is 1.83. The van der Waals surface area contributed by atoms with Crippen molar-refractivity contribution in [1.82, 2.24) is 0 Å². The molecule has 0 radical (unpaired) electrons. The smallest absolute Gasteiger partial charge is 0.330 e. The van der Waals surface area contributed by atoms with Gasteiger partial charge in [-0.15, -0.1) is 0 Å². The first-order valence-electron chi connectivity index (χ1n) is 6.44. The van der Waals surface area contributed by atoms with E-state index >= 15 is 0 Å². The van der Waals surface area contributed by atoms with Gasteiger partial charge in [0.1, 0.15) is 12.4 Å². The van der Waals surface area contributed by atoms with Crippen LogP contribution in [0.3, 0.4) is 0 Å². The second-order valence-electron chi connectivity index (χ2n) is 4.37. The highest BCUT2D eigenvalue weighted by molar-refractivity contribution is 5.81. The van der Waals surface area contributed by atoms with Crippen LogP contribution in [0.15, 0.2) is 36.9 Å². The molecule has 0 bridgehead atoms. The van der Waals surface area contributed by atoms with Crippen molar-refractivity contribution in [2.75, 3.05) is 6.61 Å². The number of carbonyl (C=O) groups is 1. The highest BCUT2D eigenvalue weighted by atomic mass is 16.7. The topological polar surface area (TPSA) is 44.8 Å². The predicted octanol–water partition coefficient (Wildman–Crippen LogP) is 2.82. The van der Waals surface area contributed by atoms with Crippen LogP contribution in [0, 0.1) is 0 Å². The molecule has 1 atom stereocenters. The van der Waals surface area contributed by atoms with Crippen LogP contribution < -0.4 is 4.74 Å². The van der Waals surface area contributed by atoms with Gasteiger partial charge in [0.25, 0.3) is 0 Å². The summed E-state index contributed by atoms with van der Waals surface area (Å²) in [6.45, 7) is 4.35. The van der Waals surface area contributed by atoms with E-state index in [4.69, 9.17) is 14.2 Å². The summed E-state index contributed by atoms with van der Waals surface area (Å²) < 4.78 is 16.2. The summed E-state index contributed by atoms with van der Waals surface area (Å²) in [7, 11) is 0. The third kappa shape index (κ3) is 4.41. The van der Waals surface area contributed by atoms with Gasteiger partial charge in [-0.3, -0.25) is 0 Å². The maximum atomic E-state index is 10.9. The van der Waals surface area contributed by atoms with Crippen molar-refractivity contribution >= 4 is 5.97 Å². The van der Waals surface area contributed by atoms with Crippen LogP contribution in [0.5, 0.6) is 5.75 Å². The van der Waals surface area contributed by atoms with E-state index < -0.39 is 5.97 Å². The number of hydrogen-bond donors (Lipinski definition) is 0. The Labute approximate surface area is 113 Å². The van der Waals surface area contributed by atoms with E-state index in [0.717, 1.165) is 43.3 Å². The third-order valence-corrected chi connectivity index (χ3v) is 2.88. The SMILES string of the molecule is C=CC(=O)OCc1ccc(OC2CCCCO2)cc1. The van der Waals surface area contributed by atoms with Gasteiger partial charge >= 0.3 is 5.97 Å². The van der Waals surface area contributed by atoms with E-state index in [2.05, 4.69) is 6.58 Å². The van der Waals surface area contributed by atoms with Crippen molar-refractivity contribution in [1.29, 1.82) is 0 Å². The number of benzene rings is 1. The molecule has 1 heterocycles. The Bertz CT molecular complexity index is 418. The van der Waals surface area contributed by atoms with Gasteiger partial charge < -0.3 is 14.2 Å². The molecule has 4 heteroatoms. The normalized spacial score (nSPS) is 18.6. The standard InChI is InChI=1S/C15H18O4/c1-2-14(16)18-11-12-6-8-13(9-7-12)19-15-5-3-4-10-17-15/h2,6-9,15H,1,3-5,10-11H2. The molecule has 1 aliphatic rings. The maximum absolute atomic E-state index is 10.9. The molecule has 0 saturated carbocycles. The van der Waals surface area contributed by atoms with Crippen LogP contribution in [0.1, 0.15) is 24.8 Å². The lowest BCUT2D eigenvalue weighted by Crippen LogP contribution is -2.24. The molecule has 0 amide bonds. The van der Waals surface area contributed by atoms with E-state index in [1.54, 1.807) is 0 Å². The lowest BCUT2D eigenvalue weighted by Gasteiger charge is -2.23. The zero-order chi connectivity index (χ0) is 13.5. The Hall–Kier alpha value is -1.81. The summed E-state index contributed by atoms with van der Waals surface area (Å²) in [5.41, 5.74) is 0.909. The Balaban J connectivity index is 1.83. The third-order valence-electron chi connectivity index (χ3n) is 2.88. The van der Waals surface area contributed by atoms with Crippen LogP contribution in [0.4, 0.5) is 0 Å². The molecule has 102 valence electrons. The van der Waals surface area contributed by atoms with Gasteiger partial charge in [-0.05, 0) is 30.5 Å². The molecular weight excluding hydrogens is 244 g/mol. The maximum Gasteiger partial charge on any atom is 0.330 e. The van der Waals surface area contributed by atoms with E-state index in [0.29, 0.717) is 0 Å². The molecule has 1 saturated heterocycles. The number of rotatable bonds is 5. The number of carbonyl (C=O) groups excluding carboxylic acids is 1. The summed E-state index contributed by atoms with van der Waals surface area (Å²) in [5, 5.41) is 0. The van der Waals surface area contributed by atoms with E-state index in [9.17, 15) is 4.79 Å². The monoisotopic (exact) mass is 262 g/mol. The molecule has 2 rings (SSSR count). The molecule has 0 aliphatic carbocycles. The Morgan fingerprint density at radius 1 is 1.37 bits per heavy atom. The van der Waals surface area contributed by atoms with Gasteiger partial charge in [-0.25, -0.2) is 4.79 Å². The molecule has 1 aliphatic heterocycles. The van der Waals surface area contributed by atoms with Crippen LogP contribution in [0.2, 0.25) is 0 Å². The Morgan fingerprint density at radius 2 is 2.16 bits per heavy atom. The molecule has 1 aromatic carbocycles. The van der Waals surface area contributed by atoms with Gasteiger partial charge in [0.05, 0.1) is 6.61 Å².